The van der Waals surface area contributed by atoms with Gasteiger partial charge in [0.25, 0.3) is 0 Å². The minimum Gasteiger partial charge on any atom is -0.462 e. The molecule has 0 aliphatic heterocycles. The number of ether oxygens (including phenoxy) is 1. The standard InChI is InChI=1S/C8H14O2.C8H8.C3H3N/c1-4-5-6-10-8(9)7(2)3;1-2-8-6-4-3-5-7-8;1-2-3-4/h2,4-6H2,1,3H3;2-7H,1H2;2H,1H2. The molecule has 0 aromatic heterocycles. The highest BCUT2D eigenvalue weighted by molar-refractivity contribution is 5.86. The van der Waals surface area contributed by atoms with Gasteiger partial charge in [-0.1, -0.05) is 69.5 Å². The van der Waals surface area contributed by atoms with Crippen LogP contribution in [0.25, 0.3) is 6.08 Å². The molecule has 0 bridgehead atoms. The smallest absolute Gasteiger partial charge is 0.333 e. The third kappa shape index (κ3) is 15.5. The molecule has 0 aliphatic rings. The maximum atomic E-state index is 10.7. The van der Waals surface area contributed by atoms with Gasteiger partial charge in [-0.3, -0.25) is 0 Å². The summed E-state index contributed by atoms with van der Waals surface area (Å²) in [6, 6.07) is 11.7. The Kier molecular flexibility index (Phi) is 16.2. The van der Waals surface area contributed by atoms with Crippen LogP contribution >= 0.6 is 0 Å². The van der Waals surface area contributed by atoms with E-state index in [1.165, 1.54) is 11.6 Å². The van der Waals surface area contributed by atoms with E-state index in [4.69, 9.17) is 10.00 Å². The van der Waals surface area contributed by atoms with Crippen molar-refractivity contribution in [2.75, 3.05) is 6.61 Å². The van der Waals surface area contributed by atoms with Gasteiger partial charge in [-0.15, -0.1) is 0 Å². The maximum absolute atomic E-state index is 10.7. The SMILES string of the molecule is C=C(C)C(=O)OCCCC.C=CC#N.C=Cc1ccccc1. The first-order valence-corrected chi connectivity index (χ1v) is 7.04. The Bertz CT molecular complexity index is 484. The average molecular weight is 299 g/mol. The molecule has 118 valence electrons. The van der Waals surface area contributed by atoms with Gasteiger partial charge in [-0.25, -0.2) is 4.79 Å². The zero-order valence-electron chi connectivity index (χ0n) is 13.5. The second kappa shape index (κ2) is 16.5. The van der Waals surface area contributed by atoms with Gasteiger partial charge in [0.2, 0.25) is 0 Å². The first kappa shape index (κ1) is 21.7. The van der Waals surface area contributed by atoms with Gasteiger partial charge >= 0.3 is 5.97 Å². The van der Waals surface area contributed by atoms with Crippen LogP contribution in [0.1, 0.15) is 32.3 Å². The first-order chi connectivity index (χ1) is 10.5. The lowest BCUT2D eigenvalue weighted by Gasteiger charge is -2.01. The minimum absolute atomic E-state index is 0.284. The molecule has 0 saturated heterocycles. The van der Waals surface area contributed by atoms with E-state index in [0.717, 1.165) is 12.8 Å². The fraction of sp³-hybridized carbons (Fsp3) is 0.263. The molecule has 3 nitrogen and oxygen atoms in total. The van der Waals surface area contributed by atoms with E-state index < -0.39 is 0 Å². The number of nitrogens with zero attached hydrogens (tertiary/aromatic N) is 1. The van der Waals surface area contributed by atoms with Crippen LogP contribution < -0.4 is 0 Å². The highest BCUT2D eigenvalue weighted by Gasteiger charge is 2.00. The molecule has 0 heterocycles. The third-order valence-electron chi connectivity index (χ3n) is 2.21. The predicted octanol–water partition coefficient (Wildman–Crippen LogP) is 4.93. The maximum Gasteiger partial charge on any atom is 0.333 e. The van der Waals surface area contributed by atoms with E-state index >= 15 is 0 Å². The molecule has 0 atom stereocenters. The number of rotatable bonds is 5. The van der Waals surface area contributed by atoms with E-state index in [9.17, 15) is 4.79 Å². The number of benzene rings is 1. The summed E-state index contributed by atoms with van der Waals surface area (Å²) < 4.78 is 4.81. The molecule has 1 aromatic carbocycles. The summed E-state index contributed by atoms with van der Waals surface area (Å²) in [4.78, 5) is 10.7. The Labute approximate surface area is 134 Å². The van der Waals surface area contributed by atoms with Crippen LogP contribution in [0.5, 0.6) is 0 Å². The van der Waals surface area contributed by atoms with Crippen LogP contribution in [-0.2, 0) is 9.53 Å². The number of nitriles is 1. The number of hydrogen-bond donors (Lipinski definition) is 0. The number of carbonyl (C=O) groups is 1. The van der Waals surface area contributed by atoms with Crippen molar-refractivity contribution < 1.29 is 9.53 Å². The topological polar surface area (TPSA) is 50.1 Å². The molecule has 1 rings (SSSR count). The van der Waals surface area contributed by atoms with Crippen LogP contribution in [-0.4, -0.2) is 12.6 Å². The predicted molar refractivity (Wildman–Crippen MR) is 93.0 cm³/mol. The van der Waals surface area contributed by atoms with Crippen molar-refractivity contribution in [3.05, 3.63) is 67.3 Å². The lowest BCUT2D eigenvalue weighted by atomic mass is 10.2. The van der Waals surface area contributed by atoms with Crippen LogP contribution in [0.2, 0.25) is 0 Å². The number of hydrogen-bond acceptors (Lipinski definition) is 3. The largest absolute Gasteiger partial charge is 0.462 e. The summed E-state index contributed by atoms with van der Waals surface area (Å²) in [6.07, 6.45) is 4.99. The van der Waals surface area contributed by atoms with Gasteiger partial charge in [0.05, 0.1) is 12.7 Å². The van der Waals surface area contributed by atoms with Gasteiger partial charge in [-0.05, 0) is 18.9 Å². The minimum atomic E-state index is -0.284. The Morgan fingerprint density at radius 2 is 1.86 bits per heavy atom. The van der Waals surface area contributed by atoms with Gasteiger partial charge in [0.1, 0.15) is 0 Å². The van der Waals surface area contributed by atoms with Crippen molar-refractivity contribution in [3.63, 3.8) is 0 Å². The lowest BCUT2D eigenvalue weighted by molar-refractivity contribution is -0.139. The molecule has 0 N–H and O–H groups in total. The fourth-order valence-corrected chi connectivity index (χ4v) is 1.02. The average Bonchev–Trinajstić information content (AvgIpc) is 2.56. The molecule has 0 saturated carbocycles. The number of esters is 1. The Morgan fingerprint density at radius 3 is 2.18 bits per heavy atom. The van der Waals surface area contributed by atoms with Crippen LogP contribution in [0, 0.1) is 11.3 Å². The quantitative estimate of drug-likeness (QED) is 0.335. The molecule has 22 heavy (non-hydrogen) atoms. The molecule has 0 radical (unpaired) electrons. The monoisotopic (exact) mass is 299 g/mol. The van der Waals surface area contributed by atoms with Gasteiger partial charge < -0.3 is 4.74 Å². The van der Waals surface area contributed by atoms with E-state index in [1.807, 2.05) is 36.4 Å². The van der Waals surface area contributed by atoms with Crippen LogP contribution in [0.15, 0.2) is 61.7 Å². The molecule has 0 aliphatic carbocycles. The van der Waals surface area contributed by atoms with Crippen molar-refractivity contribution in [3.8, 4) is 6.07 Å². The Balaban J connectivity index is 0. The lowest BCUT2D eigenvalue weighted by Crippen LogP contribution is -2.05. The van der Waals surface area contributed by atoms with Crippen molar-refractivity contribution in [1.29, 1.82) is 5.26 Å². The second-order valence-corrected chi connectivity index (χ2v) is 4.22. The number of allylic oxidation sites excluding steroid dienone is 1. The summed E-state index contributed by atoms with van der Waals surface area (Å²) >= 11 is 0. The van der Waals surface area contributed by atoms with E-state index in [0.29, 0.717) is 12.2 Å². The zero-order chi connectivity index (χ0) is 17.2. The highest BCUT2D eigenvalue weighted by Crippen LogP contribution is 1.97. The first-order valence-electron chi connectivity index (χ1n) is 7.04. The summed E-state index contributed by atoms with van der Waals surface area (Å²) in [5.74, 6) is -0.284. The number of carbonyl (C=O) groups excluding carboxylic acids is 1. The van der Waals surface area contributed by atoms with Crippen LogP contribution in [0.3, 0.4) is 0 Å². The van der Waals surface area contributed by atoms with Gasteiger partial charge in [0, 0.05) is 11.6 Å². The molecule has 0 unspecified atom stereocenters. The van der Waals surface area contributed by atoms with E-state index in [1.54, 1.807) is 13.0 Å². The van der Waals surface area contributed by atoms with Crippen molar-refractivity contribution in [1.82, 2.24) is 0 Å². The second-order valence-electron chi connectivity index (χ2n) is 4.22. The van der Waals surface area contributed by atoms with Gasteiger partial charge in [0.15, 0.2) is 0 Å². The zero-order valence-corrected chi connectivity index (χ0v) is 13.5. The highest BCUT2D eigenvalue weighted by atomic mass is 16.5. The molecule has 1 aromatic rings. The summed E-state index contributed by atoms with van der Waals surface area (Å²) in [5.41, 5.74) is 1.64. The fourth-order valence-electron chi connectivity index (χ4n) is 1.02. The molecule has 3 heteroatoms. The molecule has 0 spiro atoms. The normalized spacial score (nSPS) is 7.86. The van der Waals surface area contributed by atoms with Crippen molar-refractivity contribution in [2.45, 2.75) is 26.7 Å². The third-order valence-corrected chi connectivity index (χ3v) is 2.21. The van der Waals surface area contributed by atoms with Crippen molar-refractivity contribution >= 4 is 12.0 Å². The van der Waals surface area contributed by atoms with Gasteiger partial charge in [-0.2, -0.15) is 5.26 Å². The summed E-state index contributed by atoms with van der Waals surface area (Å²) in [6.45, 7) is 14.4. The molecule has 0 fully saturated rings. The molecular formula is C19H25NO2. The molecular weight excluding hydrogens is 274 g/mol. The van der Waals surface area contributed by atoms with E-state index in [-0.39, 0.29) is 5.97 Å². The summed E-state index contributed by atoms with van der Waals surface area (Å²) in [7, 11) is 0. The Morgan fingerprint density at radius 1 is 1.32 bits per heavy atom. The number of unbranched alkanes of at least 4 members (excludes halogenated alkanes) is 1. The summed E-state index contributed by atoms with van der Waals surface area (Å²) in [5, 5.41) is 7.51. The Hall–Kier alpha value is -2.60. The van der Waals surface area contributed by atoms with Crippen molar-refractivity contribution in [2.24, 2.45) is 0 Å². The van der Waals surface area contributed by atoms with Crippen LogP contribution in [0.4, 0.5) is 0 Å². The van der Waals surface area contributed by atoms with E-state index in [2.05, 4.69) is 26.7 Å². The molecule has 0 amide bonds.